The Hall–Kier alpha value is -1.67. The predicted octanol–water partition coefficient (Wildman–Crippen LogP) is 2.12. The molecule has 6 nitrogen and oxygen atoms in total. The summed E-state index contributed by atoms with van der Waals surface area (Å²) in [7, 11) is -3.46. The number of rotatable bonds is 6. The van der Waals surface area contributed by atoms with Gasteiger partial charge in [-0.15, -0.1) is 0 Å². The smallest absolute Gasteiger partial charge is 0.244 e. The molecule has 0 radical (unpaired) electrons. The minimum absolute atomic E-state index is 0.241. The maximum Gasteiger partial charge on any atom is 0.244 e. The van der Waals surface area contributed by atoms with Crippen molar-refractivity contribution in [2.24, 2.45) is 0 Å². The molecule has 2 heterocycles. The second-order valence-electron chi connectivity index (χ2n) is 5.71. The zero-order valence-electron chi connectivity index (χ0n) is 13.7. The first-order valence-electron chi connectivity index (χ1n) is 8.07. The van der Waals surface area contributed by atoms with E-state index < -0.39 is 10.0 Å². The number of nitrogens with zero attached hydrogens (tertiary/aromatic N) is 3. The van der Waals surface area contributed by atoms with E-state index in [9.17, 15) is 8.42 Å². The highest BCUT2D eigenvalue weighted by Crippen LogP contribution is 2.23. The van der Waals surface area contributed by atoms with Crippen molar-refractivity contribution in [1.29, 1.82) is 0 Å². The average molecular weight is 382 g/mol. The van der Waals surface area contributed by atoms with E-state index in [4.69, 9.17) is 16.3 Å². The van der Waals surface area contributed by atoms with Gasteiger partial charge < -0.3 is 4.74 Å². The van der Waals surface area contributed by atoms with Crippen molar-refractivity contribution in [3.63, 3.8) is 0 Å². The highest BCUT2D eigenvalue weighted by molar-refractivity contribution is 7.89. The van der Waals surface area contributed by atoms with Crippen molar-refractivity contribution in [3.05, 3.63) is 53.8 Å². The van der Waals surface area contributed by atoms with Gasteiger partial charge in [0.15, 0.2) is 0 Å². The summed E-state index contributed by atoms with van der Waals surface area (Å²) in [6.45, 7) is 3.51. The average Bonchev–Trinajstić information content (AvgIpc) is 2.64. The van der Waals surface area contributed by atoms with Crippen LogP contribution in [0.4, 0.5) is 0 Å². The van der Waals surface area contributed by atoms with Gasteiger partial charge in [0.25, 0.3) is 0 Å². The van der Waals surface area contributed by atoms with E-state index in [0.717, 1.165) is 6.54 Å². The van der Waals surface area contributed by atoms with Crippen LogP contribution in [0.25, 0.3) is 0 Å². The number of hydrogen-bond acceptors (Lipinski definition) is 5. The molecule has 0 atom stereocenters. The van der Waals surface area contributed by atoms with Gasteiger partial charge in [-0.2, -0.15) is 4.31 Å². The maximum atomic E-state index is 12.6. The van der Waals surface area contributed by atoms with Crippen molar-refractivity contribution >= 4 is 21.6 Å². The summed E-state index contributed by atoms with van der Waals surface area (Å²) >= 11 is 6.06. The van der Waals surface area contributed by atoms with Crippen LogP contribution in [0.15, 0.2) is 53.7 Å². The molecule has 1 aromatic heterocycles. The minimum Gasteiger partial charge on any atom is -0.491 e. The van der Waals surface area contributed by atoms with Gasteiger partial charge in [0.2, 0.25) is 10.0 Å². The second kappa shape index (κ2) is 8.14. The zero-order valence-corrected chi connectivity index (χ0v) is 15.3. The van der Waals surface area contributed by atoms with Crippen LogP contribution in [0.5, 0.6) is 5.75 Å². The SMILES string of the molecule is O=S(=O)(c1cccnc1)N1CCN(CCOc2ccccc2Cl)CC1. The van der Waals surface area contributed by atoms with E-state index in [2.05, 4.69) is 9.88 Å². The molecule has 134 valence electrons. The van der Waals surface area contributed by atoms with Crippen LogP contribution >= 0.6 is 11.6 Å². The molecular weight excluding hydrogens is 362 g/mol. The Morgan fingerprint density at radius 1 is 1.08 bits per heavy atom. The molecule has 0 spiro atoms. The highest BCUT2D eigenvalue weighted by atomic mass is 35.5. The van der Waals surface area contributed by atoms with Crippen molar-refractivity contribution in [2.45, 2.75) is 4.90 Å². The standard InChI is InChI=1S/C17H20ClN3O3S/c18-16-5-1-2-6-17(16)24-13-12-20-8-10-21(11-9-20)25(22,23)15-4-3-7-19-14-15/h1-7,14H,8-13H2. The molecular formula is C17H20ClN3O3S. The topological polar surface area (TPSA) is 62.7 Å². The number of hydrogen-bond donors (Lipinski definition) is 0. The molecule has 8 heteroatoms. The minimum atomic E-state index is -3.46. The first kappa shape index (κ1) is 18.1. The summed E-state index contributed by atoms with van der Waals surface area (Å²) in [5.41, 5.74) is 0. The van der Waals surface area contributed by atoms with Crippen LogP contribution in [-0.2, 0) is 10.0 Å². The summed E-state index contributed by atoms with van der Waals surface area (Å²) in [5, 5.41) is 0.592. The number of benzene rings is 1. The van der Waals surface area contributed by atoms with Gasteiger partial charge in [-0.3, -0.25) is 9.88 Å². The molecule has 1 aliphatic rings. The van der Waals surface area contributed by atoms with Crippen LogP contribution in [0.1, 0.15) is 0 Å². The van der Waals surface area contributed by atoms with Crippen LogP contribution in [0.3, 0.4) is 0 Å². The van der Waals surface area contributed by atoms with Gasteiger partial charge in [0.1, 0.15) is 17.3 Å². The Morgan fingerprint density at radius 3 is 2.52 bits per heavy atom. The summed E-state index contributed by atoms with van der Waals surface area (Å²) in [6, 6.07) is 10.6. The first-order chi connectivity index (χ1) is 12.1. The summed E-state index contributed by atoms with van der Waals surface area (Å²) < 4.78 is 32.3. The molecule has 1 fully saturated rings. The number of para-hydroxylation sites is 1. The largest absolute Gasteiger partial charge is 0.491 e. The number of pyridine rings is 1. The fourth-order valence-corrected chi connectivity index (χ4v) is 4.27. The van der Waals surface area contributed by atoms with E-state index in [-0.39, 0.29) is 4.90 Å². The number of aromatic nitrogens is 1. The summed E-state index contributed by atoms with van der Waals surface area (Å²) in [4.78, 5) is 6.32. The molecule has 3 rings (SSSR count). The van der Waals surface area contributed by atoms with Gasteiger partial charge in [-0.05, 0) is 24.3 Å². The van der Waals surface area contributed by atoms with E-state index >= 15 is 0 Å². The molecule has 0 unspecified atom stereocenters. The Labute approximate surface area is 153 Å². The fourth-order valence-electron chi connectivity index (χ4n) is 2.69. The highest BCUT2D eigenvalue weighted by Gasteiger charge is 2.28. The van der Waals surface area contributed by atoms with E-state index in [1.54, 1.807) is 24.4 Å². The first-order valence-corrected chi connectivity index (χ1v) is 9.89. The Balaban J connectivity index is 1.48. The molecule has 0 saturated carbocycles. The lowest BCUT2D eigenvalue weighted by molar-refractivity contribution is 0.159. The Morgan fingerprint density at radius 2 is 1.84 bits per heavy atom. The Kier molecular flexibility index (Phi) is 5.90. The van der Waals surface area contributed by atoms with Gasteiger partial charge in [-0.25, -0.2) is 8.42 Å². The molecule has 0 N–H and O–H groups in total. The normalized spacial score (nSPS) is 16.7. The van der Waals surface area contributed by atoms with Gasteiger partial charge in [0, 0.05) is 45.1 Å². The van der Waals surface area contributed by atoms with Gasteiger partial charge in [0.05, 0.1) is 5.02 Å². The number of ether oxygens (including phenoxy) is 1. The van der Waals surface area contributed by atoms with Crippen LogP contribution < -0.4 is 4.74 Å². The molecule has 1 aliphatic heterocycles. The quantitative estimate of drug-likeness (QED) is 0.767. The van der Waals surface area contributed by atoms with Crippen LogP contribution in [-0.4, -0.2) is 61.9 Å². The lowest BCUT2D eigenvalue weighted by Crippen LogP contribution is -2.49. The van der Waals surface area contributed by atoms with E-state index in [1.165, 1.54) is 10.5 Å². The molecule has 1 aromatic carbocycles. The third kappa shape index (κ3) is 4.49. The lowest BCUT2D eigenvalue weighted by Gasteiger charge is -2.33. The number of piperazine rings is 1. The maximum absolute atomic E-state index is 12.6. The molecule has 25 heavy (non-hydrogen) atoms. The van der Waals surface area contributed by atoms with E-state index in [0.29, 0.717) is 43.6 Å². The molecule has 0 amide bonds. The Bertz CT molecular complexity index is 794. The molecule has 1 saturated heterocycles. The van der Waals surface area contributed by atoms with Gasteiger partial charge in [-0.1, -0.05) is 23.7 Å². The molecule has 0 aliphatic carbocycles. The number of halogens is 1. The predicted molar refractivity (Wildman–Crippen MR) is 96.4 cm³/mol. The third-order valence-corrected chi connectivity index (χ3v) is 6.30. The van der Waals surface area contributed by atoms with E-state index in [1.807, 2.05) is 18.2 Å². The zero-order chi connectivity index (χ0) is 17.7. The van der Waals surface area contributed by atoms with Crippen molar-refractivity contribution in [3.8, 4) is 5.75 Å². The van der Waals surface area contributed by atoms with Crippen LogP contribution in [0.2, 0.25) is 5.02 Å². The van der Waals surface area contributed by atoms with Crippen molar-refractivity contribution in [2.75, 3.05) is 39.3 Å². The monoisotopic (exact) mass is 381 g/mol. The second-order valence-corrected chi connectivity index (χ2v) is 8.06. The summed E-state index contributed by atoms with van der Waals surface area (Å²) in [5.74, 6) is 0.668. The lowest BCUT2D eigenvalue weighted by atomic mass is 10.3. The van der Waals surface area contributed by atoms with Crippen molar-refractivity contribution in [1.82, 2.24) is 14.2 Å². The fraction of sp³-hybridized carbons (Fsp3) is 0.353. The third-order valence-electron chi connectivity index (χ3n) is 4.11. The molecule has 0 bridgehead atoms. The number of sulfonamides is 1. The van der Waals surface area contributed by atoms with Gasteiger partial charge >= 0.3 is 0 Å². The molecule has 2 aromatic rings. The van der Waals surface area contributed by atoms with Crippen molar-refractivity contribution < 1.29 is 13.2 Å². The van der Waals surface area contributed by atoms with Crippen LogP contribution in [0, 0.1) is 0 Å². The summed E-state index contributed by atoms with van der Waals surface area (Å²) in [6.07, 6.45) is 2.95.